The van der Waals surface area contributed by atoms with Gasteiger partial charge >= 0.3 is 5.97 Å². The predicted octanol–water partition coefficient (Wildman–Crippen LogP) is 3.97. The zero-order valence-corrected chi connectivity index (χ0v) is 13.9. The molecule has 0 aliphatic heterocycles. The van der Waals surface area contributed by atoms with E-state index in [4.69, 9.17) is 0 Å². The third kappa shape index (κ3) is 3.15. The van der Waals surface area contributed by atoms with E-state index in [0.717, 1.165) is 24.1 Å². The first-order chi connectivity index (χ1) is 11.6. The molecule has 0 aromatic carbocycles. The maximum absolute atomic E-state index is 11.6. The summed E-state index contributed by atoms with van der Waals surface area (Å²) in [6.07, 6.45) is 13.5. The number of carboxylic acids is 1. The second-order valence-electron chi connectivity index (χ2n) is 6.14. The Hall–Kier alpha value is -2.69. The van der Waals surface area contributed by atoms with Crippen molar-refractivity contribution in [3.8, 4) is 5.69 Å². The third-order valence-corrected chi connectivity index (χ3v) is 4.41. The third-order valence-electron chi connectivity index (χ3n) is 4.41. The number of carboxylic acid groups (broad SMARTS) is 1. The first-order valence-corrected chi connectivity index (χ1v) is 8.24. The average molecular weight is 323 g/mol. The fourth-order valence-corrected chi connectivity index (χ4v) is 3.09. The molecule has 0 saturated heterocycles. The van der Waals surface area contributed by atoms with Gasteiger partial charge < -0.3 is 5.11 Å². The van der Waals surface area contributed by atoms with Crippen molar-refractivity contribution in [3.05, 3.63) is 60.2 Å². The van der Waals surface area contributed by atoms with Gasteiger partial charge in [-0.25, -0.2) is 9.48 Å². The Morgan fingerprint density at radius 3 is 2.71 bits per heavy atom. The summed E-state index contributed by atoms with van der Waals surface area (Å²) < 4.78 is 1.60. The summed E-state index contributed by atoms with van der Waals surface area (Å²) in [6.45, 7) is 4.35. The number of rotatable bonds is 5. The predicted molar refractivity (Wildman–Crippen MR) is 93.0 cm³/mol. The van der Waals surface area contributed by atoms with Crippen LogP contribution in [0, 0.1) is 11.8 Å². The summed E-state index contributed by atoms with van der Waals surface area (Å²) in [7, 11) is 0. The minimum Gasteiger partial charge on any atom is -0.478 e. The Labute approximate surface area is 141 Å². The lowest BCUT2D eigenvalue weighted by atomic mass is 9.83. The van der Waals surface area contributed by atoms with Crippen LogP contribution in [0.25, 0.3) is 11.3 Å². The molecule has 1 aliphatic rings. The Morgan fingerprint density at radius 1 is 1.33 bits per heavy atom. The van der Waals surface area contributed by atoms with Crippen LogP contribution < -0.4 is 0 Å². The molecule has 2 heterocycles. The molecule has 0 radical (unpaired) electrons. The van der Waals surface area contributed by atoms with Gasteiger partial charge in [0.1, 0.15) is 11.3 Å². The minimum atomic E-state index is -0.969. The Kier molecular flexibility index (Phi) is 4.60. The summed E-state index contributed by atoms with van der Waals surface area (Å²) in [5.74, 6) is -0.0880. The van der Waals surface area contributed by atoms with Gasteiger partial charge in [-0.15, -0.1) is 0 Å². The fourth-order valence-electron chi connectivity index (χ4n) is 3.09. The van der Waals surface area contributed by atoms with E-state index in [1.807, 2.05) is 6.08 Å². The van der Waals surface area contributed by atoms with Crippen molar-refractivity contribution in [3.63, 3.8) is 0 Å². The highest BCUT2D eigenvalue weighted by atomic mass is 16.4. The van der Waals surface area contributed by atoms with Crippen LogP contribution in [0.1, 0.15) is 42.7 Å². The largest absolute Gasteiger partial charge is 0.478 e. The molecule has 0 saturated carbocycles. The van der Waals surface area contributed by atoms with Crippen LogP contribution >= 0.6 is 0 Å². The Morgan fingerprint density at radius 2 is 2.08 bits per heavy atom. The summed E-state index contributed by atoms with van der Waals surface area (Å²) in [6, 6.07) is 3.60. The molecule has 124 valence electrons. The van der Waals surface area contributed by atoms with Gasteiger partial charge in [0.2, 0.25) is 0 Å². The number of aromatic carboxylic acids is 1. The lowest BCUT2D eigenvalue weighted by Gasteiger charge is -2.22. The number of hydrogen-bond acceptors (Lipinski definition) is 3. The second-order valence-corrected chi connectivity index (χ2v) is 6.14. The molecule has 0 spiro atoms. The number of hydrogen-bond donors (Lipinski definition) is 1. The van der Waals surface area contributed by atoms with Crippen LogP contribution in [-0.4, -0.2) is 25.8 Å². The average Bonchev–Trinajstić information content (AvgIpc) is 3.03. The van der Waals surface area contributed by atoms with Crippen LogP contribution in [0.3, 0.4) is 0 Å². The van der Waals surface area contributed by atoms with Crippen molar-refractivity contribution in [2.24, 2.45) is 11.8 Å². The van der Waals surface area contributed by atoms with Crippen molar-refractivity contribution in [2.45, 2.75) is 26.7 Å². The van der Waals surface area contributed by atoms with Crippen LogP contribution in [0.2, 0.25) is 0 Å². The van der Waals surface area contributed by atoms with Gasteiger partial charge in [-0.2, -0.15) is 5.10 Å². The standard InChI is InChI=1S/C19H21N3O2/c1-3-4-14-5-6-15(11-13(14)2)18-17(19(23)24)12-22(21-18)16-7-9-20-10-8-16/h5-14H,3-4H2,1-2H3,(H,23,24). The van der Waals surface area contributed by atoms with Gasteiger partial charge in [0, 0.05) is 18.6 Å². The molecule has 1 N–H and O–H groups in total. The molecule has 3 rings (SSSR count). The normalized spacial score (nSPS) is 20.0. The number of carbonyl (C=O) groups is 1. The smallest absolute Gasteiger partial charge is 0.339 e. The highest BCUT2D eigenvalue weighted by molar-refractivity contribution is 5.94. The van der Waals surface area contributed by atoms with Gasteiger partial charge in [0.05, 0.1) is 5.69 Å². The van der Waals surface area contributed by atoms with E-state index < -0.39 is 5.97 Å². The van der Waals surface area contributed by atoms with Gasteiger partial charge in [0.25, 0.3) is 0 Å². The van der Waals surface area contributed by atoms with Crippen molar-refractivity contribution < 1.29 is 9.90 Å². The van der Waals surface area contributed by atoms with E-state index in [1.165, 1.54) is 0 Å². The lowest BCUT2D eigenvalue weighted by Crippen LogP contribution is -2.11. The highest BCUT2D eigenvalue weighted by Gasteiger charge is 2.23. The highest BCUT2D eigenvalue weighted by Crippen LogP contribution is 2.31. The number of allylic oxidation sites excluding steroid dienone is 4. The van der Waals surface area contributed by atoms with Gasteiger partial charge in [-0.1, -0.05) is 38.5 Å². The van der Waals surface area contributed by atoms with Crippen LogP contribution in [-0.2, 0) is 0 Å². The minimum absolute atomic E-state index is 0.212. The first kappa shape index (κ1) is 16.2. The van der Waals surface area contributed by atoms with E-state index >= 15 is 0 Å². The second kappa shape index (κ2) is 6.83. The van der Waals surface area contributed by atoms with Crippen LogP contribution in [0.4, 0.5) is 0 Å². The molecule has 0 fully saturated rings. The number of aromatic nitrogens is 3. The van der Waals surface area contributed by atoms with E-state index in [-0.39, 0.29) is 5.56 Å². The molecule has 2 unspecified atom stereocenters. The van der Waals surface area contributed by atoms with Crippen LogP contribution in [0.5, 0.6) is 0 Å². The quantitative estimate of drug-likeness (QED) is 0.904. The van der Waals surface area contributed by atoms with E-state index in [2.05, 4.69) is 36.1 Å². The van der Waals surface area contributed by atoms with Gasteiger partial charge in [-0.05, 0) is 36.0 Å². The Bertz CT molecular complexity index is 790. The summed E-state index contributed by atoms with van der Waals surface area (Å²) >= 11 is 0. The van der Waals surface area contributed by atoms with Crippen LogP contribution in [0.15, 0.2) is 49.0 Å². The van der Waals surface area contributed by atoms with Crippen molar-refractivity contribution in [1.29, 1.82) is 0 Å². The molecule has 0 bridgehead atoms. The summed E-state index contributed by atoms with van der Waals surface area (Å²) in [5, 5.41) is 14.1. The Balaban J connectivity index is 1.99. The van der Waals surface area contributed by atoms with E-state index in [9.17, 15) is 9.90 Å². The fraction of sp³-hybridized carbons (Fsp3) is 0.316. The van der Waals surface area contributed by atoms with E-state index in [1.54, 1.807) is 35.4 Å². The molecular formula is C19H21N3O2. The maximum Gasteiger partial charge on any atom is 0.339 e. The lowest BCUT2D eigenvalue weighted by molar-refractivity contribution is 0.0696. The molecule has 0 amide bonds. The monoisotopic (exact) mass is 323 g/mol. The summed E-state index contributed by atoms with van der Waals surface area (Å²) in [5.41, 5.74) is 2.39. The zero-order chi connectivity index (χ0) is 17.1. The number of pyridine rings is 1. The molecule has 1 aliphatic carbocycles. The molecule has 24 heavy (non-hydrogen) atoms. The molecule has 2 atom stereocenters. The molecule has 5 heteroatoms. The summed E-state index contributed by atoms with van der Waals surface area (Å²) in [4.78, 5) is 15.6. The molecular weight excluding hydrogens is 302 g/mol. The molecule has 2 aromatic heterocycles. The van der Waals surface area contributed by atoms with Crippen molar-refractivity contribution in [2.75, 3.05) is 0 Å². The maximum atomic E-state index is 11.6. The molecule has 5 nitrogen and oxygen atoms in total. The van der Waals surface area contributed by atoms with E-state index in [0.29, 0.717) is 17.5 Å². The van der Waals surface area contributed by atoms with Gasteiger partial charge in [0.15, 0.2) is 0 Å². The first-order valence-electron chi connectivity index (χ1n) is 8.24. The van der Waals surface area contributed by atoms with Crippen molar-refractivity contribution in [1.82, 2.24) is 14.8 Å². The molecule has 2 aromatic rings. The topological polar surface area (TPSA) is 68.0 Å². The van der Waals surface area contributed by atoms with Crippen molar-refractivity contribution >= 4 is 11.5 Å². The number of nitrogens with zero attached hydrogens (tertiary/aromatic N) is 3. The van der Waals surface area contributed by atoms with Gasteiger partial charge in [-0.3, -0.25) is 4.98 Å². The zero-order valence-electron chi connectivity index (χ0n) is 13.9. The SMILES string of the molecule is CCCC1C=CC(c2nn(-c3ccncc3)cc2C(=O)O)=CC1C.